The topological polar surface area (TPSA) is 90.5 Å². The molecule has 1 aliphatic heterocycles. The van der Waals surface area contributed by atoms with Gasteiger partial charge >= 0.3 is 0 Å². The van der Waals surface area contributed by atoms with Crippen LogP contribution in [0.4, 0.5) is 11.6 Å². The average Bonchev–Trinajstić information content (AvgIpc) is 3.47. The number of fused-ring (bicyclic) bond motifs is 1. The van der Waals surface area contributed by atoms with E-state index in [1.807, 2.05) is 49.1 Å². The van der Waals surface area contributed by atoms with Gasteiger partial charge in [0.15, 0.2) is 0 Å². The predicted octanol–water partition coefficient (Wildman–Crippen LogP) is 5.63. The second-order valence-electron chi connectivity index (χ2n) is 10.0. The van der Waals surface area contributed by atoms with Crippen molar-refractivity contribution >= 4 is 35.1 Å². The van der Waals surface area contributed by atoms with Crippen molar-refractivity contribution in [3.63, 3.8) is 0 Å². The Bertz CT molecular complexity index is 1230. The van der Waals surface area contributed by atoms with Gasteiger partial charge in [0.2, 0.25) is 5.91 Å². The van der Waals surface area contributed by atoms with Crippen LogP contribution in [0.5, 0.6) is 0 Å². The molecule has 2 aliphatic carbocycles. The zero-order valence-corrected chi connectivity index (χ0v) is 23.4. The normalized spacial score (nSPS) is 22.2. The van der Waals surface area contributed by atoms with Crippen molar-refractivity contribution in [1.82, 2.24) is 19.8 Å². The van der Waals surface area contributed by atoms with E-state index in [9.17, 15) is 9.59 Å². The number of amides is 2. The summed E-state index contributed by atoms with van der Waals surface area (Å²) in [4.78, 5) is 39.8. The monoisotopic (exact) mass is 548 g/mol. The maximum absolute atomic E-state index is 14.0. The van der Waals surface area contributed by atoms with Gasteiger partial charge < -0.3 is 20.4 Å². The number of halogens is 1. The SMILES string of the molecule is C=C/C(=C\C=C/C)N(C[C@H](C)Nc1ncnc2c1C(=O)N(C1CCCC1)CN2)C(=O)C1C(Cl)=CC=CC1C=C. The van der Waals surface area contributed by atoms with Crippen LogP contribution in [0.25, 0.3) is 0 Å². The molecule has 39 heavy (non-hydrogen) atoms. The molecule has 4 rings (SSSR count). The minimum atomic E-state index is -0.590. The Morgan fingerprint density at radius 3 is 2.79 bits per heavy atom. The minimum absolute atomic E-state index is 0.0709. The van der Waals surface area contributed by atoms with E-state index in [0.717, 1.165) is 25.7 Å². The van der Waals surface area contributed by atoms with Gasteiger partial charge in [-0.15, -0.1) is 6.58 Å². The second-order valence-corrected chi connectivity index (χ2v) is 10.5. The minimum Gasteiger partial charge on any atom is -0.365 e. The highest BCUT2D eigenvalue weighted by Gasteiger charge is 2.36. The molecule has 0 saturated heterocycles. The fourth-order valence-electron chi connectivity index (χ4n) is 5.40. The summed E-state index contributed by atoms with van der Waals surface area (Å²) in [5, 5.41) is 7.12. The lowest BCUT2D eigenvalue weighted by Gasteiger charge is -2.35. The fraction of sp³-hybridized carbons (Fsp3) is 0.400. The van der Waals surface area contributed by atoms with Crippen molar-refractivity contribution in [1.29, 1.82) is 0 Å². The Morgan fingerprint density at radius 2 is 2.10 bits per heavy atom. The number of rotatable bonds is 10. The number of carbonyl (C=O) groups is 2. The summed E-state index contributed by atoms with van der Waals surface area (Å²) in [6, 6.07) is -0.0515. The lowest BCUT2D eigenvalue weighted by Crippen LogP contribution is -2.46. The van der Waals surface area contributed by atoms with Crippen LogP contribution in [-0.4, -0.2) is 56.9 Å². The van der Waals surface area contributed by atoms with Gasteiger partial charge in [-0.2, -0.15) is 0 Å². The Hall–Kier alpha value is -3.65. The van der Waals surface area contributed by atoms with E-state index in [1.54, 1.807) is 23.1 Å². The molecule has 8 nitrogen and oxygen atoms in total. The molecule has 1 aromatic heterocycles. The largest absolute Gasteiger partial charge is 0.365 e. The zero-order valence-electron chi connectivity index (χ0n) is 22.6. The fourth-order valence-corrected chi connectivity index (χ4v) is 5.71. The Balaban J connectivity index is 1.60. The van der Waals surface area contributed by atoms with Crippen LogP contribution in [0.2, 0.25) is 0 Å². The Kier molecular flexibility index (Phi) is 9.41. The third-order valence-corrected chi connectivity index (χ3v) is 7.76. The van der Waals surface area contributed by atoms with Gasteiger partial charge in [-0.1, -0.05) is 61.4 Å². The molecule has 0 radical (unpaired) electrons. The summed E-state index contributed by atoms with van der Waals surface area (Å²) in [5.74, 6) is -0.0878. The number of hydrogen-bond acceptors (Lipinski definition) is 6. The lowest BCUT2D eigenvalue weighted by molar-refractivity contribution is -0.132. The molecule has 2 unspecified atom stereocenters. The van der Waals surface area contributed by atoms with Crippen molar-refractivity contribution in [2.24, 2.45) is 11.8 Å². The van der Waals surface area contributed by atoms with Crippen LogP contribution in [0.1, 0.15) is 49.9 Å². The molecule has 1 saturated carbocycles. The van der Waals surface area contributed by atoms with E-state index in [2.05, 4.69) is 33.8 Å². The van der Waals surface area contributed by atoms with Gasteiger partial charge in [-0.25, -0.2) is 9.97 Å². The van der Waals surface area contributed by atoms with Gasteiger partial charge in [0.25, 0.3) is 5.91 Å². The molecule has 2 heterocycles. The van der Waals surface area contributed by atoms with E-state index < -0.39 is 5.92 Å². The first-order valence-corrected chi connectivity index (χ1v) is 13.9. The summed E-state index contributed by atoms with van der Waals surface area (Å²) < 4.78 is 0. The molecule has 1 aromatic rings. The molecular weight excluding hydrogens is 512 g/mol. The highest BCUT2D eigenvalue weighted by atomic mass is 35.5. The maximum atomic E-state index is 14.0. The smallest absolute Gasteiger partial charge is 0.263 e. The summed E-state index contributed by atoms with van der Waals surface area (Å²) in [5.41, 5.74) is 1.08. The van der Waals surface area contributed by atoms with Crippen LogP contribution >= 0.6 is 11.6 Å². The van der Waals surface area contributed by atoms with Crippen LogP contribution in [0.15, 0.2) is 78.8 Å². The summed E-state index contributed by atoms with van der Waals surface area (Å²) in [7, 11) is 0. The number of hydrogen-bond donors (Lipinski definition) is 2. The molecule has 0 bridgehead atoms. The van der Waals surface area contributed by atoms with Crippen molar-refractivity contribution in [3.05, 3.63) is 84.4 Å². The van der Waals surface area contributed by atoms with E-state index >= 15 is 0 Å². The molecule has 3 aliphatic rings. The molecule has 9 heteroatoms. The standard InChI is InChI=1S/C30H37ClN6O2/c1-5-8-13-22(7-3)36(29(38)25-21(6-2)12-11-16-24(25)31)17-20(4)35-28-26-27(32-18-33-28)34-19-37(30(26)39)23-14-9-10-15-23/h5-8,11-13,16,18,20-21,23,25H,2-3,9-10,14-15,17,19H2,1,4H3,(H2,32,33,34,35)/b8-5-,22-13+/t20-,21?,25?/m0/s1. The maximum Gasteiger partial charge on any atom is 0.263 e. The van der Waals surface area contributed by atoms with Gasteiger partial charge in [0.05, 0.1) is 12.6 Å². The molecule has 206 valence electrons. The van der Waals surface area contributed by atoms with Crippen LogP contribution in [0, 0.1) is 11.8 Å². The van der Waals surface area contributed by atoms with E-state index in [-0.39, 0.29) is 36.4 Å². The van der Waals surface area contributed by atoms with Crippen molar-refractivity contribution < 1.29 is 9.59 Å². The molecule has 0 aromatic carbocycles. The van der Waals surface area contributed by atoms with E-state index in [1.165, 1.54) is 6.33 Å². The number of aromatic nitrogens is 2. The third-order valence-electron chi connectivity index (χ3n) is 7.40. The van der Waals surface area contributed by atoms with Gasteiger partial charge in [-0.05, 0) is 44.9 Å². The van der Waals surface area contributed by atoms with E-state index in [4.69, 9.17) is 11.6 Å². The lowest BCUT2D eigenvalue weighted by atomic mass is 9.86. The quantitative estimate of drug-likeness (QED) is 0.291. The first-order chi connectivity index (χ1) is 18.9. The van der Waals surface area contributed by atoms with Crippen LogP contribution < -0.4 is 10.6 Å². The number of anilines is 2. The number of carbonyl (C=O) groups excluding carboxylic acids is 2. The number of nitrogens with zero attached hydrogens (tertiary/aromatic N) is 4. The first-order valence-electron chi connectivity index (χ1n) is 13.5. The second kappa shape index (κ2) is 12.9. The molecule has 2 amide bonds. The van der Waals surface area contributed by atoms with Crippen molar-refractivity contribution in [2.75, 3.05) is 23.8 Å². The van der Waals surface area contributed by atoms with Crippen LogP contribution in [-0.2, 0) is 4.79 Å². The Labute approximate surface area is 235 Å². The summed E-state index contributed by atoms with van der Waals surface area (Å²) in [6.07, 6.45) is 20.2. The van der Waals surface area contributed by atoms with Gasteiger partial charge in [0.1, 0.15) is 23.5 Å². The van der Waals surface area contributed by atoms with Crippen molar-refractivity contribution in [3.8, 4) is 0 Å². The van der Waals surface area contributed by atoms with Gasteiger partial charge in [-0.3, -0.25) is 9.59 Å². The molecule has 3 atom stereocenters. The number of allylic oxidation sites excluding steroid dienone is 8. The highest BCUT2D eigenvalue weighted by molar-refractivity contribution is 6.31. The third kappa shape index (κ3) is 6.17. The molecule has 1 fully saturated rings. The molecular formula is C30H37ClN6O2. The Morgan fingerprint density at radius 1 is 1.33 bits per heavy atom. The predicted molar refractivity (Wildman–Crippen MR) is 157 cm³/mol. The van der Waals surface area contributed by atoms with E-state index in [0.29, 0.717) is 34.6 Å². The van der Waals surface area contributed by atoms with Crippen LogP contribution in [0.3, 0.4) is 0 Å². The van der Waals surface area contributed by atoms with Gasteiger partial charge in [0, 0.05) is 35.3 Å². The summed E-state index contributed by atoms with van der Waals surface area (Å²) >= 11 is 6.55. The zero-order chi connectivity index (χ0) is 27.9. The van der Waals surface area contributed by atoms with Crippen molar-refractivity contribution in [2.45, 2.75) is 51.6 Å². The average molecular weight is 549 g/mol. The molecule has 0 spiro atoms. The molecule has 2 N–H and O–H groups in total. The first kappa shape index (κ1) is 28.4. The summed E-state index contributed by atoms with van der Waals surface area (Å²) in [6.45, 7) is 12.4. The number of nitrogens with one attached hydrogen (secondary N) is 2. The highest BCUT2D eigenvalue weighted by Crippen LogP contribution is 2.34.